The van der Waals surface area contributed by atoms with Crippen LogP contribution >= 0.6 is 0 Å². The van der Waals surface area contributed by atoms with Crippen molar-refractivity contribution in [3.63, 3.8) is 0 Å². The van der Waals surface area contributed by atoms with Gasteiger partial charge in [-0.3, -0.25) is 9.78 Å². The molecule has 1 aromatic carbocycles. The van der Waals surface area contributed by atoms with E-state index in [4.69, 9.17) is 15.2 Å². The summed E-state index contributed by atoms with van der Waals surface area (Å²) in [7, 11) is 0. The lowest BCUT2D eigenvalue weighted by molar-refractivity contribution is -0.116. The van der Waals surface area contributed by atoms with Gasteiger partial charge in [-0.25, -0.2) is 9.38 Å². The average molecular weight is 476 g/mol. The minimum Gasteiger partial charge on any atom is -0.368 e. The predicted molar refractivity (Wildman–Crippen MR) is 130 cm³/mol. The Kier molecular flexibility index (Phi) is 6.12. The molecule has 5 rings (SSSR count). The molecular weight excluding hydrogens is 449 g/mol. The minimum atomic E-state index is -0.495. The van der Waals surface area contributed by atoms with Crippen LogP contribution in [0.1, 0.15) is 25.3 Å². The summed E-state index contributed by atoms with van der Waals surface area (Å²) in [5.41, 5.74) is 8.10. The van der Waals surface area contributed by atoms with Crippen molar-refractivity contribution >= 4 is 23.0 Å². The Balaban J connectivity index is 1.32. The summed E-state index contributed by atoms with van der Waals surface area (Å²) >= 11 is 0. The van der Waals surface area contributed by atoms with Crippen LogP contribution in [0.3, 0.4) is 0 Å². The molecule has 2 aliphatic rings. The fourth-order valence-corrected chi connectivity index (χ4v) is 4.48. The maximum Gasteiger partial charge on any atom is 0.240 e. The molecule has 0 spiro atoms. The number of rotatable bonds is 4. The molecule has 2 aliphatic heterocycles. The number of pyridine rings is 1. The summed E-state index contributed by atoms with van der Waals surface area (Å²) < 4.78 is 19.4. The van der Waals surface area contributed by atoms with Crippen molar-refractivity contribution in [1.29, 1.82) is 0 Å². The zero-order chi connectivity index (χ0) is 24.5. The van der Waals surface area contributed by atoms with Gasteiger partial charge in [0.15, 0.2) is 11.6 Å². The van der Waals surface area contributed by atoms with Crippen molar-refractivity contribution in [2.24, 2.45) is 16.6 Å². The number of aliphatic imine (C=N–C) groups is 1. The van der Waals surface area contributed by atoms with E-state index in [1.165, 1.54) is 12.3 Å². The van der Waals surface area contributed by atoms with E-state index in [0.717, 1.165) is 30.5 Å². The molecule has 4 heterocycles. The summed E-state index contributed by atoms with van der Waals surface area (Å²) in [6.07, 6.45) is 4.06. The van der Waals surface area contributed by atoms with Gasteiger partial charge >= 0.3 is 0 Å². The highest BCUT2D eigenvalue weighted by Crippen LogP contribution is 2.29. The predicted octanol–water partition coefficient (Wildman–Crippen LogP) is 2.90. The number of hydrogen-bond donors (Lipinski definition) is 1. The Hall–Kier alpha value is -3.92. The number of carbonyl (C=O) groups excluding carboxylic acids is 1. The van der Waals surface area contributed by atoms with Crippen LogP contribution < -0.4 is 10.6 Å². The number of allylic oxidation sites excluding steroid dienone is 1. The van der Waals surface area contributed by atoms with Gasteiger partial charge in [0.1, 0.15) is 5.84 Å². The molecule has 2 aromatic heterocycles. The van der Waals surface area contributed by atoms with E-state index in [1.807, 2.05) is 31.2 Å². The number of anilines is 1. The SMILES string of the molecule is CC1C(=O)C=C(c2ccncc2F)N=C1N1CCN(c2ccc(-c3noc(CN)n3)cc2)C[C@H]1C. The molecule has 3 aromatic rings. The van der Waals surface area contributed by atoms with Gasteiger partial charge < -0.3 is 20.1 Å². The van der Waals surface area contributed by atoms with Crippen LogP contribution in [-0.2, 0) is 11.3 Å². The molecule has 35 heavy (non-hydrogen) atoms. The van der Waals surface area contributed by atoms with Crippen LogP contribution in [0.15, 0.2) is 58.3 Å². The number of hydrogen-bond acceptors (Lipinski definition) is 9. The number of halogens is 1. The molecule has 0 amide bonds. The van der Waals surface area contributed by atoms with E-state index >= 15 is 0 Å². The Bertz CT molecular complexity index is 1300. The standard InChI is InChI=1S/C25H26FN7O2/c1-15-14-32(18-5-3-17(4-6-18)24-30-23(12-27)35-31-24)9-10-33(15)25-16(2)22(34)11-21(29-25)19-7-8-28-13-20(19)26/h3-8,11,13,15-16H,9-10,12,14,27H2,1-2H3/t15-,16?/m1/s1. The highest BCUT2D eigenvalue weighted by atomic mass is 19.1. The Labute approximate surface area is 202 Å². The number of aromatic nitrogens is 3. The first kappa shape index (κ1) is 22.9. The van der Waals surface area contributed by atoms with Crippen molar-refractivity contribution in [3.8, 4) is 11.4 Å². The Morgan fingerprint density at radius 3 is 2.66 bits per heavy atom. The van der Waals surface area contributed by atoms with Gasteiger partial charge in [-0.05, 0) is 44.2 Å². The van der Waals surface area contributed by atoms with Gasteiger partial charge in [-0.1, -0.05) is 5.16 Å². The number of ketones is 1. The second-order valence-corrected chi connectivity index (χ2v) is 8.73. The number of nitrogens with two attached hydrogens (primary N) is 1. The normalized spacial score (nSPS) is 20.6. The number of nitrogens with zero attached hydrogens (tertiary/aromatic N) is 6. The molecule has 0 radical (unpaired) electrons. The lowest BCUT2D eigenvalue weighted by Crippen LogP contribution is -2.56. The van der Waals surface area contributed by atoms with E-state index in [0.29, 0.717) is 29.8 Å². The highest BCUT2D eigenvalue weighted by Gasteiger charge is 2.33. The summed E-state index contributed by atoms with van der Waals surface area (Å²) in [5.74, 6) is 0.635. The van der Waals surface area contributed by atoms with Gasteiger partial charge in [-0.2, -0.15) is 4.98 Å². The lowest BCUT2D eigenvalue weighted by atomic mass is 9.96. The van der Waals surface area contributed by atoms with Crippen molar-refractivity contribution in [2.75, 3.05) is 24.5 Å². The van der Waals surface area contributed by atoms with E-state index in [1.54, 1.807) is 6.07 Å². The zero-order valence-corrected chi connectivity index (χ0v) is 19.6. The first-order chi connectivity index (χ1) is 16.9. The zero-order valence-electron chi connectivity index (χ0n) is 19.6. The number of piperazine rings is 1. The van der Waals surface area contributed by atoms with Crippen molar-refractivity contribution in [1.82, 2.24) is 20.0 Å². The average Bonchev–Trinajstić information content (AvgIpc) is 3.36. The van der Waals surface area contributed by atoms with Crippen LogP contribution in [0, 0.1) is 11.7 Å². The number of amidine groups is 1. The quantitative estimate of drug-likeness (QED) is 0.613. The number of benzene rings is 1. The smallest absolute Gasteiger partial charge is 0.240 e. The third-order valence-electron chi connectivity index (χ3n) is 6.43. The van der Waals surface area contributed by atoms with Gasteiger partial charge in [0, 0.05) is 54.8 Å². The summed E-state index contributed by atoms with van der Waals surface area (Å²) in [6.45, 7) is 6.36. The van der Waals surface area contributed by atoms with Crippen molar-refractivity contribution in [2.45, 2.75) is 26.4 Å². The lowest BCUT2D eigenvalue weighted by Gasteiger charge is -2.44. The van der Waals surface area contributed by atoms with Crippen molar-refractivity contribution < 1.29 is 13.7 Å². The Morgan fingerprint density at radius 2 is 1.97 bits per heavy atom. The summed E-state index contributed by atoms with van der Waals surface area (Å²) in [6, 6.07) is 9.64. The fraction of sp³-hybridized carbons (Fsp3) is 0.320. The van der Waals surface area contributed by atoms with Gasteiger partial charge in [-0.15, -0.1) is 0 Å². The first-order valence-electron chi connectivity index (χ1n) is 11.5. The topological polar surface area (TPSA) is 114 Å². The second-order valence-electron chi connectivity index (χ2n) is 8.73. The molecule has 0 bridgehead atoms. The molecule has 1 unspecified atom stereocenters. The highest BCUT2D eigenvalue weighted by molar-refractivity contribution is 6.15. The Morgan fingerprint density at radius 1 is 1.17 bits per heavy atom. The molecular formula is C25H26FN7O2. The second kappa shape index (κ2) is 9.38. The molecule has 9 nitrogen and oxygen atoms in total. The molecule has 1 saturated heterocycles. The van der Waals surface area contributed by atoms with Crippen LogP contribution in [0.25, 0.3) is 17.1 Å². The van der Waals surface area contributed by atoms with Gasteiger partial charge in [0.2, 0.25) is 11.7 Å². The monoisotopic (exact) mass is 475 g/mol. The summed E-state index contributed by atoms with van der Waals surface area (Å²) in [5, 5.41) is 3.96. The molecule has 1 fully saturated rings. The maximum absolute atomic E-state index is 14.3. The van der Waals surface area contributed by atoms with Crippen LogP contribution in [0.5, 0.6) is 0 Å². The van der Waals surface area contributed by atoms with Gasteiger partial charge in [0.25, 0.3) is 0 Å². The van der Waals surface area contributed by atoms with Crippen LogP contribution in [0.2, 0.25) is 0 Å². The van der Waals surface area contributed by atoms with E-state index in [-0.39, 0.29) is 29.9 Å². The molecule has 10 heteroatoms. The van der Waals surface area contributed by atoms with E-state index < -0.39 is 5.82 Å². The maximum atomic E-state index is 14.3. The van der Waals surface area contributed by atoms with Crippen LogP contribution in [0.4, 0.5) is 10.1 Å². The van der Waals surface area contributed by atoms with E-state index in [9.17, 15) is 9.18 Å². The minimum absolute atomic E-state index is 0.0781. The molecule has 2 N–H and O–H groups in total. The molecule has 0 aliphatic carbocycles. The van der Waals surface area contributed by atoms with E-state index in [2.05, 4.69) is 31.8 Å². The van der Waals surface area contributed by atoms with Crippen LogP contribution in [-0.4, -0.2) is 57.3 Å². The first-order valence-corrected chi connectivity index (χ1v) is 11.5. The third kappa shape index (κ3) is 4.44. The fourth-order valence-electron chi connectivity index (χ4n) is 4.48. The van der Waals surface area contributed by atoms with Gasteiger partial charge in [0.05, 0.1) is 24.4 Å². The molecule has 2 atom stereocenters. The molecule has 180 valence electrons. The largest absolute Gasteiger partial charge is 0.368 e. The molecule has 0 saturated carbocycles. The summed E-state index contributed by atoms with van der Waals surface area (Å²) in [4.78, 5) is 30.0. The van der Waals surface area contributed by atoms with Crippen molar-refractivity contribution in [3.05, 3.63) is 66.1 Å². The number of carbonyl (C=O) groups is 1. The third-order valence-corrected chi connectivity index (χ3v) is 6.43.